The van der Waals surface area contributed by atoms with E-state index in [0.29, 0.717) is 23.6 Å². The normalized spacial score (nSPS) is 18.6. The first-order valence-corrected chi connectivity index (χ1v) is 7.22. The Morgan fingerprint density at radius 1 is 1.48 bits per heavy atom. The van der Waals surface area contributed by atoms with Crippen LogP contribution in [0.25, 0.3) is 11.0 Å². The van der Waals surface area contributed by atoms with Crippen molar-refractivity contribution in [3.05, 3.63) is 34.5 Å². The molecule has 0 saturated carbocycles. The monoisotopic (exact) mass is 306 g/mol. The van der Waals surface area contributed by atoms with Crippen LogP contribution in [-0.4, -0.2) is 24.4 Å². The molecule has 2 N–H and O–H groups in total. The predicted molar refractivity (Wildman–Crippen MR) is 79.5 cm³/mol. The third kappa shape index (κ3) is 2.49. The van der Waals surface area contributed by atoms with Gasteiger partial charge in [-0.05, 0) is 25.8 Å². The number of halogens is 1. The lowest BCUT2D eigenvalue weighted by Gasteiger charge is -2.22. The van der Waals surface area contributed by atoms with E-state index < -0.39 is 6.04 Å². The van der Waals surface area contributed by atoms with Crippen molar-refractivity contribution < 1.29 is 14.0 Å². The zero-order chi connectivity index (χ0) is 15.0. The predicted octanol–water partition coefficient (Wildman–Crippen LogP) is 2.40. The fourth-order valence-electron chi connectivity index (χ4n) is 2.56. The highest BCUT2D eigenvalue weighted by Crippen LogP contribution is 2.30. The molecule has 0 spiro atoms. The number of fused-ring (bicyclic) bond motifs is 1. The molecule has 2 heterocycles. The Kier molecular flexibility index (Phi) is 3.59. The molecular weight excluding hydrogens is 292 g/mol. The minimum atomic E-state index is -0.505. The van der Waals surface area contributed by atoms with Crippen molar-refractivity contribution in [1.29, 1.82) is 0 Å². The van der Waals surface area contributed by atoms with Gasteiger partial charge in [0.25, 0.3) is 5.91 Å². The summed E-state index contributed by atoms with van der Waals surface area (Å²) < 4.78 is 5.59. The van der Waals surface area contributed by atoms with Crippen molar-refractivity contribution in [2.75, 3.05) is 6.54 Å². The second kappa shape index (κ2) is 5.41. The zero-order valence-corrected chi connectivity index (χ0v) is 12.3. The van der Waals surface area contributed by atoms with Gasteiger partial charge >= 0.3 is 0 Å². The van der Waals surface area contributed by atoms with Crippen molar-refractivity contribution in [2.45, 2.75) is 25.8 Å². The first-order valence-electron chi connectivity index (χ1n) is 6.84. The molecule has 1 atom stereocenters. The van der Waals surface area contributed by atoms with E-state index in [1.165, 1.54) is 0 Å². The molecule has 5 nitrogen and oxygen atoms in total. The van der Waals surface area contributed by atoms with Crippen LogP contribution in [0.1, 0.15) is 29.0 Å². The van der Waals surface area contributed by atoms with E-state index >= 15 is 0 Å². The maximum absolute atomic E-state index is 12.3. The number of hydrogen-bond donors (Lipinski definition) is 2. The zero-order valence-electron chi connectivity index (χ0n) is 11.5. The number of rotatable bonds is 2. The molecule has 1 fully saturated rings. The number of para-hydroxylation sites is 1. The van der Waals surface area contributed by atoms with E-state index in [9.17, 15) is 9.59 Å². The molecule has 1 aliphatic rings. The molecule has 0 aliphatic carbocycles. The van der Waals surface area contributed by atoms with Gasteiger partial charge in [-0.2, -0.15) is 0 Å². The number of furan rings is 1. The number of piperidine rings is 1. The van der Waals surface area contributed by atoms with Crippen molar-refractivity contribution in [3.8, 4) is 0 Å². The molecule has 2 aromatic rings. The average Bonchev–Trinajstić information content (AvgIpc) is 2.81. The van der Waals surface area contributed by atoms with Crippen LogP contribution in [0.4, 0.5) is 0 Å². The fourth-order valence-corrected chi connectivity index (χ4v) is 2.77. The summed E-state index contributed by atoms with van der Waals surface area (Å²) in [6.07, 6.45) is 1.49. The van der Waals surface area contributed by atoms with Gasteiger partial charge in [0.2, 0.25) is 5.91 Å². The number of hydrogen-bond acceptors (Lipinski definition) is 3. The number of aryl methyl sites for hydroxylation is 1. The van der Waals surface area contributed by atoms with Crippen LogP contribution in [0.5, 0.6) is 0 Å². The highest BCUT2D eigenvalue weighted by molar-refractivity contribution is 6.35. The van der Waals surface area contributed by atoms with E-state index in [4.69, 9.17) is 16.0 Å². The van der Waals surface area contributed by atoms with Gasteiger partial charge < -0.3 is 15.1 Å². The lowest BCUT2D eigenvalue weighted by molar-refractivity contribution is -0.124. The van der Waals surface area contributed by atoms with Crippen LogP contribution >= 0.6 is 11.6 Å². The summed E-state index contributed by atoms with van der Waals surface area (Å²) in [4.78, 5) is 24.0. The van der Waals surface area contributed by atoms with Crippen LogP contribution < -0.4 is 10.6 Å². The van der Waals surface area contributed by atoms with Crippen LogP contribution in [-0.2, 0) is 4.79 Å². The molecule has 0 radical (unpaired) electrons. The molecule has 3 rings (SSSR count). The van der Waals surface area contributed by atoms with Crippen LogP contribution in [0.3, 0.4) is 0 Å². The quantitative estimate of drug-likeness (QED) is 0.895. The first-order chi connectivity index (χ1) is 10.1. The summed E-state index contributed by atoms with van der Waals surface area (Å²) in [5.41, 5.74) is 1.22. The fraction of sp³-hybridized carbons (Fsp3) is 0.333. The number of benzene rings is 1. The first kappa shape index (κ1) is 13.9. The molecule has 21 heavy (non-hydrogen) atoms. The molecule has 1 aromatic carbocycles. The maximum atomic E-state index is 12.3. The highest BCUT2D eigenvalue weighted by atomic mass is 35.5. The summed E-state index contributed by atoms with van der Waals surface area (Å²) in [6.45, 7) is 2.46. The molecule has 1 saturated heterocycles. The van der Waals surface area contributed by atoms with Crippen molar-refractivity contribution >= 4 is 34.4 Å². The van der Waals surface area contributed by atoms with Crippen molar-refractivity contribution in [3.63, 3.8) is 0 Å². The largest absolute Gasteiger partial charge is 0.449 e. The Bertz CT molecular complexity index is 723. The van der Waals surface area contributed by atoms with Gasteiger partial charge in [0.05, 0.1) is 5.02 Å². The van der Waals surface area contributed by atoms with E-state index in [1.54, 1.807) is 13.0 Å². The third-order valence-corrected chi connectivity index (χ3v) is 4.01. The Hall–Kier alpha value is -2.01. The molecule has 2 amide bonds. The number of amides is 2. The molecule has 1 aromatic heterocycles. The summed E-state index contributed by atoms with van der Waals surface area (Å²) >= 11 is 6.07. The van der Waals surface area contributed by atoms with Crippen LogP contribution in [0.15, 0.2) is 22.6 Å². The van der Waals surface area contributed by atoms with Gasteiger partial charge in [0.15, 0.2) is 11.3 Å². The lowest BCUT2D eigenvalue weighted by Crippen LogP contribution is -2.50. The van der Waals surface area contributed by atoms with Gasteiger partial charge in [-0.3, -0.25) is 9.59 Å². The SMILES string of the molecule is Cc1c(C(=O)N[C@H]2CCCNC2=O)oc2c(Cl)cccc12. The van der Waals surface area contributed by atoms with Gasteiger partial charge in [0, 0.05) is 17.5 Å². The minimum Gasteiger partial charge on any atom is -0.449 e. The Morgan fingerprint density at radius 3 is 3.00 bits per heavy atom. The minimum absolute atomic E-state index is 0.151. The molecule has 110 valence electrons. The number of carbonyl (C=O) groups excluding carboxylic acids is 2. The van der Waals surface area contributed by atoms with Crippen LogP contribution in [0.2, 0.25) is 5.02 Å². The molecule has 0 bridgehead atoms. The van der Waals surface area contributed by atoms with E-state index in [1.807, 2.05) is 12.1 Å². The number of carbonyl (C=O) groups is 2. The van der Waals surface area contributed by atoms with E-state index in [0.717, 1.165) is 17.4 Å². The van der Waals surface area contributed by atoms with Gasteiger partial charge in [-0.1, -0.05) is 23.7 Å². The summed E-state index contributed by atoms with van der Waals surface area (Å²) in [5.74, 6) is -0.334. The van der Waals surface area contributed by atoms with Crippen molar-refractivity contribution in [1.82, 2.24) is 10.6 Å². The van der Waals surface area contributed by atoms with Crippen molar-refractivity contribution in [2.24, 2.45) is 0 Å². The molecular formula is C15H15ClN2O3. The second-order valence-electron chi connectivity index (χ2n) is 5.13. The van der Waals surface area contributed by atoms with Crippen LogP contribution in [0, 0.1) is 6.92 Å². The number of nitrogens with one attached hydrogen (secondary N) is 2. The molecule has 1 aliphatic heterocycles. The topological polar surface area (TPSA) is 71.3 Å². The standard InChI is InChI=1S/C15H15ClN2O3/c1-8-9-4-2-5-10(16)13(9)21-12(8)15(20)18-11-6-3-7-17-14(11)19/h2,4-5,11H,3,6-7H2,1H3,(H,17,19)(H,18,20)/t11-/m0/s1. The lowest BCUT2D eigenvalue weighted by atomic mass is 10.1. The molecule has 6 heteroatoms. The summed E-state index contributed by atoms with van der Waals surface area (Å²) in [5, 5.41) is 6.72. The van der Waals surface area contributed by atoms with Gasteiger partial charge in [0.1, 0.15) is 6.04 Å². The summed E-state index contributed by atoms with van der Waals surface area (Å²) in [6, 6.07) is 4.87. The summed E-state index contributed by atoms with van der Waals surface area (Å²) in [7, 11) is 0. The Morgan fingerprint density at radius 2 is 2.29 bits per heavy atom. The van der Waals surface area contributed by atoms with Gasteiger partial charge in [-0.25, -0.2) is 0 Å². The Labute approximate surface area is 126 Å². The third-order valence-electron chi connectivity index (χ3n) is 3.71. The smallest absolute Gasteiger partial charge is 0.287 e. The average molecular weight is 307 g/mol. The Balaban J connectivity index is 1.89. The van der Waals surface area contributed by atoms with E-state index in [-0.39, 0.29) is 17.6 Å². The molecule has 0 unspecified atom stereocenters. The second-order valence-corrected chi connectivity index (χ2v) is 5.54. The maximum Gasteiger partial charge on any atom is 0.287 e. The van der Waals surface area contributed by atoms with E-state index in [2.05, 4.69) is 10.6 Å². The highest BCUT2D eigenvalue weighted by Gasteiger charge is 2.26. The van der Waals surface area contributed by atoms with Gasteiger partial charge in [-0.15, -0.1) is 0 Å².